The number of alkyl halides is 3. The van der Waals surface area contributed by atoms with E-state index in [0.29, 0.717) is 6.61 Å². The Balaban J connectivity index is 3.88. The third-order valence-electron chi connectivity index (χ3n) is 1.65. The first kappa shape index (κ1) is 15.4. The van der Waals surface area contributed by atoms with Gasteiger partial charge in [-0.15, -0.1) is 6.58 Å². The van der Waals surface area contributed by atoms with Crippen molar-refractivity contribution in [1.29, 1.82) is 0 Å². The molecule has 0 saturated carbocycles. The summed E-state index contributed by atoms with van der Waals surface area (Å²) in [5.41, 5.74) is 0. The second kappa shape index (κ2) is 7.61. The first-order valence-electron chi connectivity index (χ1n) is 4.49. The van der Waals surface area contributed by atoms with Crippen molar-refractivity contribution in [3.63, 3.8) is 0 Å². The van der Waals surface area contributed by atoms with Gasteiger partial charge in [0, 0.05) is 7.11 Å². The average molecular weight is 244 g/mol. The Morgan fingerprint density at radius 1 is 1.38 bits per heavy atom. The lowest BCUT2D eigenvalue weighted by molar-refractivity contribution is -0.239. The molecule has 0 amide bonds. The maximum Gasteiger partial charge on any atom is 0.417 e. The average Bonchev–Trinajstić information content (AvgIpc) is 2.21. The van der Waals surface area contributed by atoms with E-state index in [2.05, 4.69) is 16.1 Å². The van der Waals surface area contributed by atoms with Gasteiger partial charge in [-0.1, -0.05) is 6.08 Å². The SMILES string of the molecule is C=C[C@@H](OCOCCOC)[C@@H](O)C(F)(F)F. The highest BCUT2D eigenvalue weighted by atomic mass is 19.4. The third-order valence-corrected chi connectivity index (χ3v) is 1.65. The first-order chi connectivity index (χ1) is 7.43. The van der Waals surface area contributed by atoms with E-state index >= 15 is 0 Å². The molecule has 0 aliphatic carbocycles. The van der Waals surface area contributed by atoms with Gasteiger partial charge in [-0.2, -0.15) is 13.2 Å². The van der Waals surface area contributed by atoms with Crippen LogP contribution in [0, 0.1) is 0 Å². The molecule has 0 radical (unpaired) electrons. The molecule has 0 aliphatic heterocycles. The van der Waals surface area contributed by atoms with Crippen molar-refractivity contribution in [2.24, 2.45) is 0 Å². The minimum Gasteiger partial charge on any atom is -0.382 e. The molecule has 2 atom stereocenters. The van der Waals surface area contributed by atoms with Crippen LogP contribution in [0.5, 0.6) is 0 Å². The Hall–Kier alpha value is -0.630. The van der Waals surface area contributed by atoms with Crippen LogP contribution in [0.15, 0.2) is 12.7 Å². The number of rotatable bonds is 8. The van der Waals surface area contributed by atoms with Crippen LogP contribution in [0.25, 0.3) is 0 Å². The topological polar surface area (TPSA) is 47.9 Å². The zero-order valence-electron chi connectivity index (χ0n) is 8.87. The third kappa shape index (κ3) is 6.06. The molecule has 96 valence electrons. The Morgan fingerprint density at radius 2 is 2.00 bits per heavy atom. The summed E-state index contributed by atoms with van der Waals surface area (Å²) in [5.74, 6) is 0. The number of ether oxygens (including phenoxy) is 3. The molecule has 4 nitrogen and oxygen atoms in total. The summed E-state index contributed by atoms with van der Waals surface area (Å²) < 4.78 is 50.3. The van der Waals surface area contributed by atoms with Crippen molar-refractivity contribution in [3.8, 4) is 0 Å². The highest BCUT2D eigenvalue weighted by molar-refractivity contribution is 4.89. The van der Waals surface area contributed by atoms with Gasteiger partial charge in [-0.05, 0) is 0 Å². The van der Waals surface area contributed by atoms with Crippen molar-refractivity contribution < 1.29 is 32.5 Å². The fraction of sp³-hybridized carbons (Fsp3) is 0.778. The number of aliphatic hydroxyl groups excluding tert-OH is 1. The highest BCUT2D eigenvalue weighted by Gasteiger charge is 2.43. The van der Waals surface area contributed by atoms with Crippen LogP contribution in [0.4, 0.5) is 13.2 Å². The lowest BCUT2D eigenvalue weighted by Crippen LogP contribution is -2.40. The van der Waals surface area contributed by atoms with Crippen LogP contribution in [-0.2, 0) is 14.2 Å². The molecular formula is C9H15F3O4. The number of methoxy groups -OCH3 is 1. The van der Waals surface area contributed by atoms with Crippen LogP contribution >= 0.6 is 0 Å². The van der Waals surface area contributed by atoms with Gasteiger partial charge in [-0.25, -0.2) is 0 Å². The molecule has 0 aromatic carbocycles. The van der Waals surface area contributed by atoms with E-state index in [1.165, 1.54) is 7.11 Å². The second-order valence-electron chi connectivity index (χ2n) is 2.87. The smallest absolute Gasteiger partial charge is 0.382 e. The Kier molecular flexibility index (Phi) is 7.31. The zero-order chi connectivity index (χ0) is 12.6. The molecule has 0 aromatic rings. The van der Waals surface area contributed by atoms with Gasteiger partial charge in [-0.3, -0.25) is 0 Å². The van der Waals surface area contributed by atoms with Gasteiger partial charge in [0.1, 0.15) is 12.9 Å². The summed E-state index contributed by atoms with van der Waals surface area (Å²) in [5, 5.41) is 8.85. The fourth-order valence-corrected chi connectivity index (χ4v) is 0.802. The molecule has 0 saturated heterocycles. The summed E-state index contributed by atoms with van der Waals surface area (Å²) in [6.07, 6.45) is -8.01. The molecule has 0 unspecified atom stereocenters. The van der Waals surface area contributed by atoms with Crippen LogP contribution in [-0.4, -0.2) is 50.6 Å². The van der Waals surface area contributed by atoms with Gasteiger partial charge in [0.25, 0.3) is 0 Å². The van der Waals surface area contributed by atoms with Gasteiger partial charge < -0.3 is 19.3 Å². The van der Waals surface area contributed by atoms with Gasteiger partial charge in [0.2, 0.25) is 0 Å². The number of aliphatic hydroxyl groups is 1. The fourth-order valence-electron chi connectivity index (χ4n) is 0.802. The molecule has 0 bridgehead atoms. The summed E-state index contributed by atoms with van der Waals surface area (Å²) in [4.78, 5) is 0. The lowest BCUT2D eigenvalue weighted by atomic mass is 10.2. The van der Waals surface area contributed by atoms with Crippen molar-refractivity contribution in [3.05, 3.63) is 12.7 Å². The maximum absolute atomic E-state index is 12.1. The largest absolute Gasteiger partial charge is 0.417 e. The molecular weight excluding hydrogens is 229 g/mol. The molecule has 0 aromatic heterocycles. The van der Waals surface area contributed by atoms with E-state index in [-0.39, 0.29) is 13.4 Å². The van der Waals surface area contributed by atoms with E-state index in [9.17, 15) is 13.2 Å². The van der Waals surface area contributed by atoms with E-state index < -0.39 is 18.4 Å². The maximum atomic E-state index is 12.1. The van der Waals surface area contributed by atoms with Crippen molar-refractivity contribution in [2.75, 3.05) is 27.1 Å². The van der Waals surface area contributed by atoms with Gasteiger partial charge in [0.05, 0.1) is 13.2 Å². The number of hydrogen-bond acceptors (Lipinski definition) is 4. The summed E-state index contributed by atoms with van der Waals surface area (Å²) in [6, 6.07) is 0. The monoisotopic (exact) mass is 244 g/mol. The summed E-state index contributed by atoms with van der Waals surface area (Å²) >= 11 is 0. The predicted molar refractivity (Wildman–Crippen MR) is 49.8 cm³/mol. The second-order valence-corrected chi connectivity index (χ2v) is 2.87. The molecule has 1 N–H and O–H groups in total. The molecule has 0 aliphatic rings. The van der Waals surface area contributed by atoms with Crippen LogP contribution in [0.2, 0.25) is 0 Å². The standard InChI is InChI=1S/C9H15F3O4/c1-3-7(8(13)9(10,11)12)16-6-15-5-4-14-2/h3,7-8,13H,1,4-6H2,2H3/t7-,8-/m1/s1. The highest BCUT2D eigenvalue weighted by Crippen LogP contribution is 2.24. The van der Waals surface area contributed by atoms with Crippen LogP contribution in [0.3, 0.4) is 0 Å². The Labute approximate surface area is 91.6 Å². The van der Waals surface area contributed by atoms with Crippen LogP contribution < -0.4 is 0 Å². The number of halogens is 3. The predicted octanol–water partition coefficient (Wildman–Crippen LogP) is 1.10. The van der Waals surface area contributed by atoms with Crippen molar-refractivity contribution in [1.82, 2.24) is 0 Å². The van der Waals surface area contributed by atoms with Crippen molar-refractivity contribution >= 4 is 0 Å². The molecule has 7 heteroatoms. The lowest BCUT2D eigenvalue weighted by Gasteiger charge is -2.22. The number of hydrogen-bond donors (Lipinski definition) is 1. The quantitative estimate of drug-likeness (QED) is 0.394. The van der Waals surface area contributed by atoms with E-state index in [4.69, 9.17) is 9.84 Å². The van der Waals surface area contributed by atoms with Gasteiger partial charge >= 0.3 is 6.18 Å². The van der Waals surface area contributed by atoms with E-state index in [1.807, 2.05) is 0 Å². The minimum atomic E-state index is -4.74. The molecule has 0 spiro atoms. The first-order valence-corrected chi connectivity index (χ1v) is 4.49. The van der Waals surface area contributed by atoms with Crippen molar-refractivity contribution in [2.45, 2.75) is 18.4 Å². The van der Waals surface area contributed by atoms with Crippen LogP contribution in [0.1, 0.15) is 0 Å². The van der Waals surface area contributed by atoms with E-state index in [0.717, 1.165) is 6.08 Å². The van der Waals surface area contributed by atoms with Gasteiger partial charge in [0.15, 0.2) is 6.10 Å². The van der Waals surface area contributed by atoms with E-state index in [1.54, 1.807) is 0 Å². The summed E-state index contributed by atoms with van der Waals surface area (Å²) in [7, 11) is 1.46. The summed E-state index contributed by atoms with van der Waals surface area (Å²) in [6.45, 7) is 3.28. The molecule has 16 heavy (non-hydrogen) atoms. The molecule has 0 heterocycles. The Bertz CT molecular complexity index is 196. The normalized spacial score (nSPS) is 15.8. The Morgan fingerprint density at radius 3 is 2.44 bits per heavy atom. The zero-order valence-corrected chi connectivity index (χ0v) is 8.87. The molecule has 0 rings (SSSR count). The molecule has 0 fully saturated rings. The minimum absolute atomic E-state index is 0.197.